The van der Waals surface area contributed by atoms with Crippen molar-refractivity contribution in [3.05, 3.63) is 22.7 Å². The van der Waals surface area contributed by atoms with E-state index in [9.17, 15) is 0 Å². The zero-order chi connectivity index (χ0) is 14.5. The van der Waals surface area contributed by atoms with E-state index in [4.69, 9.17) is 21.1 Å². The molecule has 5 nitrogen and oxygen atoms in total. The summed E-state index contributed by atoms with van der Waals surface area (Å²) >= 11 is 6.20. The summed E-state index contributed by atoms with van der Waals surface area (Å²) in [5.41, 5.74) is 1.02. The number of benzene rings is 1. The molecule has 0 saturated heterocycles. The van der Waals surface area contributed by atoms with Gasteiger partial charge in [0.25, 0.3) is 0 Å². The maximum atomic E-state index is 6.20. The van der Waals surface area contributed by atoms with Crippen molar-refractivity contribution in [2.24, 2.45) is 4.99 Å². The zero-order valence-corrected chi connectivity index (χ0v) is 15.5. The van der Waals surface area contributed by atoms with Gasteiger partial charge in [0.2, 0.25) is 0 Å². The standard InChI is InChI=1S/C14H20ClN3O2.HI/c1-9(2)18-14(16-3)17-8-10-6-11(15)13-12(7-10)19-4-5-20-13;/h6-7,9H,4-5,8H2,1-3H3,(H2,16,17,18);1H. The molecule has 1 heterocycles. The molecular formula is C14H21ClIN3O2. The number of nitrogens with one attached hydrogen (secondary N) is 2. The molecule has 0 unspecified atom stereocenters. The van der Waals surface area contributed by atoms with E-state index in [0.717, 1.165) is 11.5 Å². The minimum Gasteiger partial charge on any atom is -0.486 e. The Labute approximate surface area is 147 Å². The van der Waals surface area contributed by atoms with Gasteiger partial charge in [-0.25, -0.2) is 0 Å². The quantitative estimate of drug-likeness (QED) is 0.444. The molecule has 0 spiro atoms. The number of rotatable bonds is 3. The van der Waals surface area contributed by atoms with Crippen molar-refractivity contribution in [3.8, 4) is 11.5 Å². The molecule has 1 aliphatic rings. The Morgan fingerprint density at radius 3 is 2.71 bits per heavy atom. The first-order valence-corrected chi connectivity index (χ1v) is 7.03. The van der Waals surface area contributed by atoms with Crippen LogP contribution >= 0.6 is 35.6 Å². The van der Waals surface area contributed by atoms with Crippen LogP contribution in [0.25, 0.3) is 0 Å². The largest absolute Gasteiger partial charge is 0.486 e. The van der Waals surface area contributed by atoms with Gasteiger partial charge in [0.15, 0.2) is 17.5 Å². The molecule has 0 atom stereocenters. The minimum atomic E-state index is 0. The van der Waals surface area contributed by atoms with Crippen molar-refractivity contribution in [2.75, 3.05) is 20.3 Å². The highest BCUT2D eigenvalue weighted by Gasteiger charge is 2.16. The first kappa shape index (κ1) is 18.2. The predicted molar refractivity (Wildman–Crippen MR) is 96.3 cm³/mol. The van der Waals surface area contributed by atoms with E-state index in [1.54, 1.807) is 7.05 Å². The van der Waals surface area contributed by atoms with Crippen molar-refractivity contribution in [3.63, 3.8) is 0 Å². The van der Waals surface area contributed by atoms with Crippen LogP contribution in [0.5, 0.6) is 11.5 Å². The van der Waals surface area contributed by atoms with Gasteiger partial charge in [-0.2, -0.15) is 0 Å². The number of ether oxygens (including phenoxy) is 2. The molecule has 0 aliphatic carbocycles. The Balaban J connectivity index is 0.00000220. The van der Waals surface area contributed by atoms with E-state index in [2.05, 4.69) is 29.5 Å². The van der Waals surface area contributed by atoms with Gasteiger partial charge in [-0.1, -0.05) is 11.6 Å². The summed E-state index contributed by atoms with van der Waals surface area (Å²) in [6.45, 7) is 5.83. The summed E-state index contributed by atoms with van der Waals surface area (Å²) in [7, 11) is 1.74. The first-order chi connectivity index (χ1) is 9.60. The van der Waals surface area contributed by atoms with Gasteiger partial charge in [-0.3, -0.25) is 4.99 Å². The third-order valence-corrected chi connectivity index (χ3v) is 3.05. The third-order valence-electron chi connectivity index (χ3n) is 2.77. The van der Waals surface area contributed by atoms with Crippen LogP contribution < -0.4 is 20.1 Å². The highest BCUT2D eigenvalue weighted by Crippen LogP contribution is 2.38. The number of hydrogen-bond acceptors (Lipinski definition) is 3. The second kappa shape index (κ2) is 8.53. The van der Waals surface area contributed by atoms with Crippen molar-refractivity contribution in [1.82, 2.24) is 10.6 Å². The van der Waals surface area contributed by atoms with Crippen molar-refractivity contribution in [2.45, 2.75) is 26.4 Å². The van der Waals surface area contributed by atoms with Crippen LogP contribution in [0.3, 0.4) is 0 Å². The molecule has 0 aromatic heterocycles. The highest BCUT2D eigenvalue weighted by atomic mass is 127. The first-order valence-electron chi connectivity index (χ1n) is 6.65. The normalized spacial score (nSPS) is 13.7. The molecule has 0 bridgehead atoms. The Bertz CT molecular complexity index is 509. The lowest BCUT2D eigenvalue weighted by molar-refractivity contribution is 0.171. The number of fused-ring (bicyclic) bond motifs is 1. The average molecular weight is 426 g/mol. The molecule has 0 fully saturated rings. The molecule has 7 heteroatoms. The lowest BCUT2D eigenvalue weighted by Gasteiger charge is -2.21. The maximum absolute atomic E-state index is 6.20. The lowest BCUT2D eigenvalue weighted by Crippen LogP contribution is -2.40. The van der Waals surface area contributed by atoms with Gasteiger partial charge in [0, 0.05) is 19.6 Å². The van der Waals surface area contributed by atoms with E-state index in [-0.39, 0.29) is 24.0 Å². The van der Waals surface area contributed by atoms with Crippen LogP contribution in [-0.4, -0.2) is 32.3 Å². The van der Waals surface area contributed by atoms with Crippen LogP contribution in [0.2, 0.25) is 5.02 Å². The Morgan fingerprint density at radius 2 is 2.05 bits per heavy atom. The van der Waals surface area contributed by atoms with Crippen molar-refractivity contribution in [1.29, 1.82) is 0 Å². The number of guanidine groups is 1. The summed E-state index contributed by atoms with van der Waals surface area (Å²) in [5.74, 6) is 2.09. The summed E-state index contributed by atoms with van der Waals surface area (Å²) in [6, 6.07) is 4.14. The smallest absolute Gasteiger partial charge is 0.191 e. The summed E-state index contributed by atoms with van der Waals surface area (Å²) in [6.07, 6.45) is 0. The van der Waals surface area contributed by atoms with Gasteiger partial charge in [0.1, 0.15) is 13.2 Å². The molecular weight excluding hydrogens is 405 g/mol. The van der Waals surface area contributed by atoms with E-state index in [0.29, 0.717) is 42.3 Å². The average Bonchev–Trinajstić information content (AvgIpc) is 2.43. The van der Waals surface area contributed by atoms with Gasteiger partial charge in [-0.05, 0) is 31.5 Å². The van der Waals surface area contributed by atoms with Crippen LogP contribution in [0, 0.1) is 0 Å². The molecule has 1 aromatic carbocycles. The predicted octanol–water partition coefficient (Wildman–Crippen LogP) is 2.80. The molecule has 21 heavy (non-hydrogen) atoms. The number of aliphatic imine (C=N–C) groups is 1. The van der Waals surface area contributed by atoms with Crippen molar-refractivity contribution >= 4 is 41.5 Å². The topological polar surface area (TPSA) is 54.9 Å². The third kappa shape index (κ3) is 5.10. The molecule has 1 aliphatic heterocycles. The molecule has 2 rings (SSSR count). The molecule has 0 radical (unpaired) electrons. The molecule has 2 N–H and O–H groups in total. The highest BCUT2D eigenvalue weighted by molar-refractivity contribution is 14.0. The number of hydrogen-bond donors (Lipinski definition) is 2. The van der Waals surface area contributed by atoms with E-state index in [1.807, 2.05) is 12.1 Å². The zero-order valence-electron chi connectivity index (χ0n) is 12.4. The SMILES string of the molecule is CN=C(NCc1cc(Cl)c2c(c1)OCCO2)NC(C)C.I. The molecule has 0 saturated carbocycles. The Morgan fingerprint density at radius 1 is 1.33 bits per heavy atom. The lowest BCUT2D eigenvalue weighted by atomic mass is 10.2. The summed E-state index contributed by atoms with van der Waals surface area (Å²) in [4.78, 5) is 4.16. The van der Waals surface area contributed by atoms with Crippen LogP contribution in [0.1, 0.15) is 19.4 Å². The molecule has 1 aromatic rings. The number of nitrogens with zero attached hydrogens (tertiary/aromatic N) is 1. The maximum Gasteiger partial charge on any atom is 0.191 e. The van der Waals surface area contributed by atoms with E-state index < -0.39 is 0 Å². The van der Waals surface area contributed by atoms with Gasteiger partial charge >= 0.3 is 0 Å². The molecule has 118 valence electrons. The second-order valence-corrected chi connectivity index (χ2v) is 5.23. The van der Waals surface area contributed by atoms with E-state index >= 15 is 0 Å². The minimum absolute atomic E-state index is 0. The molecule has 0 amide bonds. The summed E-state index contributed by atoms with van der Waals surface area (Å²) in [5, 5.41) is 7.04. The second-order valence-electron chi connectivity index (χ2n) is 4.83. The van der Waals surface area contributed by atoms with Gasteiger partial charge in [-0.15, -0.1) is 24.0 Å². The van der Waals surface area contributed by atoms with E-state index in [1.165, 1.54) is 0 Å². The van der Waals surface area contributed by atoms with Gasteiger partial charge < -0.3 is 20.1 Å². The Hall–Kier alpha value is -0.890. The Kier molecular flexibility index (Phi) is 7.37. The fraction of sp³-hybridized carbons (Fsp3) is 0.500. The fourth-order valence-corrected chi connectivity index (χ4v) is 2.21. The fourth-order valence-electron chi connectivity index (χ4n) is 1.92. The van der Waals surface area contributed by atoms with Crippen LogP contribution in [-0.2, 0) is 6.54 Å². The van der Waals surface area contributed by atoms with Crippen LogP contribution in [0.4, 0.5) is 0 Å². The van der Waals surface area contributed by atoms with Gasteiger partial charge in [0.05, 0.1) is 5.02 Å². The van der Waals surface area contributed by atoms with Crippen LogP contribution in [0.15, 0.2) is 17.1 Å². The summed E-state index contributed by atoms with van der Waals surface area (Å²) < 4.78 is 11.1. The monoisotopic (exact) mass is 425 g/mol. The van der Waals surface area contributed by atoms with Crippen molar-refractivity contribution < 1.29 is 9.47 Å². The number of halogens is 2.